The molecule has 2 nitrogen and oxygen atoms in total. The molecule has 0 saturated carbocycles. The third kappa shape index (κ3) is 1.65. The molecule has 54 valence electrons. The second-order valence-electron chi connectivity index (χ2n) is 1.79. The van der Waals surface area contributed by atoms with Crippen molar-refractivity contribution in [1.82, 2.24) is 4.98 Å². The molecule has 1 aromatic heterocycles. The van der Waals surface area contributed by atoms with E-state index in [1.54, 1.807) is 30.7 Å². The van der Waals surface area contributed by atoms with E-state index >= 15 is 0 Å². The Hall–Kier alpha value is -0.670. The van der Waals surface area contributed by atoms with Gasteiger partial charge in [0.05, 0.1) is 6.61 Å². The Morgan fingerprint density at radius 1 is 1.90 bits per heavy atom. The van der Waals surface area contributed by atoms with E-state index in [-0.39, 0.29) is 0 Å². The van der Waals surface area contributed by atoms with Crippen LogP contribution in [0.25, 0.3) is 6.08 Å². The van der Waals surface area contributed by atoms with Gasteiger partial charge in [0.1, 0.15) is 5.01 Å². The van der Waals surface area contributed by atoms with Gasteiger partial charge in [0.15, 0.2) is 0 Å². The van der Waals surface area contributed by atoms with Crippen LogP contribution in [0.2, 0.25) is 0 Å². The average Bonchev–Trinajstić information content (AvgIpc) is 2.37. The third-order valence-electron chi connectivity index (χ3n) is 1.04. The fourth-order valence-corrected chi connectivity index (χ4v) is 1.35. The van der Waals surface area contributed by atoms with Crippen molar-refractivity contribution < 1.29 is 4.74 Å². The van der Waals surface area contributed by atoms with Crippen LogP contribution in [0.3, 0.4) is 0 Å². The zero-order valence-corrected chi connectivity index (χ0v) is 6.65. The molecule has 0 bridgehead atoms. The first-order valence-electron chi connectivity index (χ1n) is 2.93. The summed E-state index contributed by atoms with van der Waals surface area (Å²) < 4.78 is 4.90. The standard InChI is InChI=1S/C7H9NOS/c1-3-6-4-8-7(10-6)5-9-2/h3-4H,1,5H2,2H3. The van der Waals surface area contributed by atoms with Crippen LogP contribution in [0.1, 0.15) is 9.88 Å². The molecule has 0 aliphatic rings. The second kappa shape index (κ2) is 3.49. The molecule has 0 amide bonds. The summed E-state index contributed by atoms with van der Waals surface area (Å²) in [4.78, 5) is 5.19. The van der Waals surface area contributed by atoms with Crippen LogP contribution in [-0.2, 0) is 11.3 Å². The summed E-state index contributed by atoms with van der Waals surface area (Å²) in [6, 6.07) is 0. The number of rotatable bonds is 3. The molecule has 0 unspecified atom stereocenters. The number of hydrogen-bond donors (Lipinski definition) is 0. The molecular formula is C7H9NOS. The maximum Gasteiger partial charge on any atom is 0.119 e. The molecule has 0 atom stereocenters. The van der Waals surface area contributed by atoms with Crippen LogP contribution in [0.5, 0.6) is 0 Å². The van der Waals surface area contributed by atoms with E-state index in [4.69, 9.17) is 4.74 Å². The van der Waals surface area contributed by atoms with Gasteiger partial charge < -0.3 is 4.74 Å². The van der Waals surface area contributed by atoms with Crippen molar-refractivity contribution in [2.75, 3.05) is 7.11 Å². The SMILES string of the molecule is C=Cc1cnc(COC)s1. The highest BCUT2D eigenvalue weighted by atomic mass is 32.1. The molecule has 0 aromatic carbocycles. The highest BCUT2D eigenvalue weighted by molar-refractivity contribution is 7.12. The molecule has 0 fully saturated rings. The van der Waals surface area contributed by atoms with Gasteiger partial charge in [0, 0.05) is 18.2 Å². The second-order valence-corrected chi connectivity index (χ2v) is 2.94. The minimum atomic E-state index is 0.596. The molecule has 0 aliphatic carbocycles. The average molecular weight is 155 g/mol. The first-order valence-corrected chi connectivity index (χ1v) is 3.74. The van der Waals surface area contributed by atoms with Crippen LogP contribution in [0, 0.1) is 0 Å². The molecule has 1 aromatic rings. The Labute approximate surface area is 64.2 Å². The van der Waals surface area contributed by atoms with Crippen molar-refractivity contribution >= 4 is 17.4 Å². The molecule has 10 heavy (non-hydrogen) atoms. The lowest BCUT2D eigenvalue weighted by Crippen LogP contribution is -1.82. The summed E-state index contributed by atoms with van der Waals surface area (Å²) in [6.07, 6.45) is 3.59. The van der Waals surface area contributed by atoms with E-state index in [1.807, 2.05) is 0 Å². The predicted molar refractivity (Wildman–Crippen MR) is 42.9 cm³/mol. The van der Waals surface area contributed by atoms with Gasteiger partial charge in [0.25, 0.3) is 0 Å². The van der Waals surface area contributed by atoms with Crippen molar-refractivity contribution in [3.8, 4) is 0 Å². The molecule has 3 heteroatoms. The molecule has 0 saturated heterocycles. The van der Waals surface area contributed by atoms with E-state index in [0.29, 0.717) is 6.61 Å². The van der Waals surface area contributed by atoms with Gasteiger partial charge in [-0.2, -0.15) is 0 Å². The van der Waals surface area contributed by atoms with Crippen molar-refractivity contribution in [3.63, 3.8) is 0 Å². The normalized spacial score (nSPS) is 9.70. The van der Waals surface area contributed by atoms with Gasteiger partial charge in [-0.25, -0.2) is 4.98 Å². The van der Waals surface area contributed by atoms with E-state index < -0.39 is 0 Å². The topological polar surface area (TPSA) is 22.1 Å². The van der Waals surface area contributed by atoms with Crippen LogP contribution >= 0.6 is 11.3 Å². The van der Waals surface area contributed by atoms with E-state index in [0.717, 1.165) is 9.88 Å². The first kappa shape index (κ1) is 7.44. The zero-order valence-electron chi connectivity index (χ0n) is 5.83. The van der Waals surface area contributed by atoms with Gasteiger partial charge >= 0.3 is 0 Å². The number of aromatic nitrogens is 1. The Balaban J connectivity index is 2.68. The van der Waals surface area contributed by atoms with Crippen molar-refractivity contribution in [3.05, 3.63) is 22.7 Å². The summed E-state index contributed by atoms with van der Waals surface area (Å²) in [7, 11) is 1.66. The largest absolute Gasteiger partial charge is 0.378 e. The molecule has 0 N–H and O–H groups in total. The number of thiazole rings is 1. The quantitative estimate of drug-likeness (QED) is 0.665. The summed E-state index contributed by atoms with van der Waals surface area (Å²) >= 11 is 1.60. The molecule has 1 heterocycles. The molecule has 0 aliphatic heterocycles. The van der Waals surface area contributed by atoms with Gasteiger partial charge in [-0.3, -0.25) is 0 Å². The summed E-state index contributed by atoms with van der Waals surface area (Å²) in [5, 5.41) is 0.998. The van der Waals surface area contributed by atoms with Gasteiger partial charge in [-0.15, -0.1) is 11.3 Å². The van der Waals surface area contributed by atoms with Crippen molar-refractivity contribution in [1.29, 1.82) is 0 Å². The number of ether oxygens (including phenoxy) is 1. The summed E-state index contributed by atoms with van der Waals surface area (Å²) in [5.41, 5.74) is 0. The molecule has 1 rings (SSSR count). The van der Waals surface area contributed by atoms with E-state index in [2.05, 4.69) is 11.6 Å². The fraction of sp³-hybridized carbons (Fsp3) is 0.286. The first-order chi connectivity index (χ1) is 4.86. The lowest BCUT2D eigenvalue weighted by molar-refractivity contribution is 0.184. The highest BCUT2D eigenvalue weighted by Crippen LogP contribution is 2.13. The van der Waals surface area contributed by atoms with Crippen LogP contribution in [0.15, 0.2) is 12.8 Å². The third-order valence-corrected chi connectivity index (χ3v) is 2.01. The lowest BCUT2D eigenvalue weighted by Gasteiger charge is -1.88. The number of nitrogens with zero attached hydrogens (tertiary/aromatic N) is 1. The fourth-order valence-electron chi connectivity index (χ4n) is 0.609. The Kier molecular flexibility index (Phi) is 2.59. The van der Waals surface area contributed by atoms with Crippen molar-refractivity contribution in [2.24, 2.45) is 0 Å². The van der Waals surface area contributed by atoms with Gasteiger partial charge in [0.2, 0.25) is 0 Å². The van der Waals surface area contributed by atoms with Crippen LogP contribution in [-0.4, -0.2) is 12.1 Å². The maximum atomic E-state index is 4.90. The van der Waals surface area contributed by atoms with E-state index in [9.17, 15) is 0 Å². The molecule has 0 radical (unpaired) electrons. The summed E-state index contributed by atoms with van der Waals surface area (Å²) in [5.74, 6) is 0. The van der Waals surface area contributed by atoms with E-state index in [1.165, 1.54) is 0 Å². The monoisotopic (exact) mass is 155 g/mol. The predicted octanol–water partition coefficient (Wildman–Crippen LogP) is 1.93. The Morgan fingerprint density at radius 3 is 3.20 bits per heavy atom. The minimum Gasteiger partial charge on any atom is -0.378 e. The Bertz CT molecular complexity index is 219. The van der Waals surface area contributed by atoms with Crippen molar-refractivity contribution in [2.45, 2.75) is 6.61 Å². The number of methoxy groups -OCH3 is 1. The van der Waals surface area contributed by atoms with Gasteiger partial charge in [-0.1, -0.05) is 12.7 Å². The zero-order chi connectivity index (χ0) is 7.40. The molecular weight excluding hydrogens is 146 g/mol. The van der Waals surface area contributed by atoms with Gasteiger partial charge in [-0.05, 0) is 0 Å². The highest BCUT2D eigenvalue weighted by Gasteiger charge is 1.96. The maximum absolute atomic E-state index is 4.90. The molecule has 0 spiro atoms. The smallest absolute Gasteiger partial charge is 0.119 e. The number of hydrogen-bond acceptors (Lipinski definition) is 3. The van der Waals surface area contributed by atoms with Crippen LogP contribution in [0.4, 0.5) is 0 Å². The minimum absolute atomic E-state index is 0.596. The van der Waals surface area contributed by atoms with Crippen LogP contribution < -0.4 is 0 Å². The summed E-state index contributed by atoms with van der Waals surface area (Å²) in [6.45, 7) is 4.23. The Morgan fingerprint density at radius 2 is 2.70 bits per heavy atom. The lowest BCUT2D eigenvalue weighted by atomic mass is 10.5.